The Labute approximate surface area is 194 Å². The Morgan fingerprint density at radius 1 is 1.12 bits per heavy atom. The molecule has 0 aliphatic carbocycles. The molecule has 33 heavy (non-hydrogen) atoms. The van der Waals surface area contributed by atoms with Gasteiger partial charge in [-0.15, -0.1) is 10.2 Å². The van der Waals surface area contributed by atoms with Crippen molar-refractivity contribution in [2.24, 2.45) is 7.05 Å². The van der Waals surface area contributed by atoms with E-state index in [4.69, 9.17) is 14.2 Å². The number of nitrogens with one attached hydrogen (secondary N) is 2. The average Bonchev–Trinajstić information content (AvgIpc) is 3.41. The molecular formula is C22H23N5O5S. The number of benzene rings is 2. The van der Waals surface area contributed by atoms with Gasteiger partial charge in [0.2, 0.25) is 18.6 Å². The molecule has 0 saturated heterocycles. The van der Waals surface area contributed by atoms with Crippen LogP contribution in [0, 0.1) is 0 Å². The second-order valence-electron chi connectivity index (χ2n) is 7.21. The Morgan fingerprint density at radius 3 is 2.70 bits per heavy atom. The molecule has 0 saturated carbocycles. The lowest BCUT2D eigenvalue weighted by Crippen LogP contribution is -2.24. The molecule has 0 radical (unpaired) electrons. The van der Waals surface area contributed by atoms with E-state index in [-0.39, 0.29) is 31.0 Å². The zero-order valence-corrected chi connectivity index (χ0v) is 19.0. The second kappa shape index (κ2) is 10.3. The Balaban J connectivity index is 1.22. The SMILES string of the molecule is CC(=O)Nc1ccc(CNC(=O)CSc2nnc(COc3ccc4c(c3)OCO4)n2C)cc1. The van der Waals surface area contributed by atoms with Gasteiger partial charge in [0.1, 0.15) is 12.4 Å². The predicted molar refractivity (Wildman–Crippen MR) is 121 cm³/mol. The normalized spacial score (nSPS) is 11.8. The molecular weight excluding hydrogens is 446 g/mol. The zero-order chi connectivity index (χ0) is 23.2. The number of nitrogens with zero attached hydrogens (tertiary/aromatic N) is 3. The molecule has 4 rings (SSSR count). The third kappa shape index (κ3) is 5.95. The van der Waals surface area contributed by atoms with Gasteiger partial charge in [-0.1, -0.05) is 23.9 Å². The highest BCUT2D eigenvalue weighted by Gasteiger charge is 2.15. The van der Waals surface area contributed by atoms with Crippen LogP contribution >= 0.6 is 11.8 Å². The first-order valence-corrected chi connectivity index (χ1v) is 11.1. The van der Waals surface area contributed by atoms with Gasteiger partial charge in [0.05, 0.1) is 5.75 Å². The van der Waals surface area contributed by atoms with Gasteiger partial charge in [-0.25, -0.2) is 0 Å². The van der Waals surface area contributed by atoms with E-state index in [0.717, 1.165) is 5.56 Å². The minimum Gasteiger partial charge on any atom is -0.485 e. The highest BCUT2D eigenvalue weighted by molar-refractivity contribution is 7.99. The third-order valence-electron chi connectivity index (χ3n) is 4.73. The predicted octanol–water partition coefficient (Wildman–Crippen LogP) is 2.49. The molecule has 2 amide bonds. The first-order valence-electron chi connectivity index (χ1n) is 10.1. The van der Waals surface area contributed by atoms with E-state index in [0.29, 0.717) is 40.5 Å². The van der Waals surface area contributed by atoms with Crippen LogP contribution in [0.1, 0.15) is 18.3 Å². The molecule has 10 nitrogen and oxygen atoms in total. The molecule has 2 heterocycles. The molecule has 0 atom stereocenters. The monoisotopic (exact) mass is 469 g/mol. The summed E-state index contributed by atoms with van der Waals surface area (Å²) in [7, 11) is 1.83. The third-order valence-corrected chi connectivity index (χ3v) is 5.75. The smallest absolute Gasteiger partial charge is 0.231 e. The molecule has 0 fully saturated rings. The summed E-state index contributed by atoms with van der Waals surface area (Å²) in [5.74, 6) is 2.58. The Hall–Kier alpha value is -3.73. The van der Waals surface area contributed by atoms with Gasteiger partial charge >= 0.3 is 0 Å². The molecule has 3 aromatic rings. The summed E-state index contributed by atoms with van der Waals surface area (Å²) >= 11 is 1.30. The number of carbonyl (C=O) groups is 2. The van der Waals surface area contributed by atoms with E-state index >= 15 is 0 Å². The topological polar surface area (TPSA) is 117 Å². The van der Waals surface area contributed by atoms with E-state index in [1.54, 1.807) is 34.9 Å². The number of hydrogen-bond donors (Lipinski definition) is 2. The zero-order valence-electron chi connectivity index (χ0n) is 18.2. The van der Waals surface area contributed by atoms with Crippen LogP contribution in [0.5, 0.6) is 17.2 Å². The molecule has 2 N–H and O–H groups in total. The number of carbonyl (C=O) groups excluding carboxylic acids is 2. The van der Waals surface area contributed by atoms with Crippen LogP contribution in [-0.2, 0) is 29.8 Å². The maximum atomic E-state index is 12.2. The number of amides is 2. The maximum absolute atomic E-state index is 12.2. The first kappa shape index (κ1) is 22.5. The van der Waals surface area contributed by atoms with E-state index < -0.39 is 0 Å². The van der Waals surface area contributed by atoms with Crippen LogP contribution in [0.4, 0.5) is 5.69 Å². The van der Waals surface area contributed by atoms with Gasteiger partial charge in [0, 0.05) is 32.3 Å². The van der Waals surface area contributed by atoms with Crippen molar-refractivity contribution in [2.45, 2.75) is 25.2 Å². The van der Waals surface area contributed by atoms with Crippen LogP contribution in [0.15, 0.2) is 47.6 Å². The van der Waals surface area contributed by atoms with Gasteiger partial charge in [-0.05, 0) is 29.8 Å². The van der Waals surface area contributed by atoms with Crippen molar-refractivity contribution in [2.75, 3.05) is 17.9 Å². The van der Waals surface area contributed by atoms with Gasteiger partial charge in [-0.3, -0.25) is 9.59 Å². The molecule has 0 spiro atoms. The lowest BCUT2D eigenvalue weighted by Gasteiger charge is -2.08. The van der Waals surface area contributed by atoms with Crippen molar-refractivity contribution in [1.82, 2.24) is 20.1 Å². The molecule has 0 unspecified atom stereocenters. The summed E-state index contributed by atoms with van der Waals surface area (Å²) in [5, 5.41) is 14.5. The van der Waals surface area contributed by atoms with Crippen LogP contribution in [0.2, 0.25) is 0 Å². The van der Waals surface area contributed by atoms with E-state index in [9.17, 15) is 9.59 Å². The standard InChI is InChI=1S/C22H23N5O5S/c1-14(28)24-16-5-3-15(4-6-16)10-23-21(29)12-33-22-26-25-20(27(22)2)11-30-17-7-8-18-19(9-17)32-13-31-18/h3-9H,10-13H2,1-2H3,(H,23,29)(H,24,28). The minimum absolute atomic E-state index is 0.118. The Kier molecular flexibility index (Phi) is 6.98. The fourth-order valence-electron chi connectivity index (χ4n) is 3.00. The minimum atomic E-state index is -0.125. The van der Waals surface area contributed by atoms with Gasteiger partial charge in [0.15, 0.2) is 22.5 Å². The quantitative estimate of drug-likeness (QED) is 0.459. The first-order chi connectivity index (χ1) is 16.0. The maximum Gasteiger partial charge on any atom is 0.231 e. The molecule has 0 bridgehead atoms. The van der Waals surface area contributed by atoms with Crippen LogP contribution in [0.25, 0.3) is 0 Å². The number of ether oxygens (including phenoxy) is 3. The number of rotatable bonds is 9. The largest absolute Gasteiger partial charge is 0.485 e. The number of hydrogen-bond acceptors (Lipinski definition) is 8. The highest BCUT2D eigenvalue weighted by Crippen LogP contribution is 2.35. The Bertz CT molecular complexity index is 1150. The van der Waals surface area contributed by atoms with Crippen molar-refractivity contribution in [3.63, 3.8) is 0 Å². The van der Waals surface area contributed by atoms with E-state index in [2.05, 4.69) is 20.8 Å². The van der Waals surface area contributed by atoms with E-state index in [1.807, 2.05) is 19.2 Å². The van der Waals surface area contributed by atoms with Gasteiger partial charge in [0.25, 0.3) is 0 Å². The lowest BCUT2D eigenvalue weighted by molar-refractivity contribution is -0.118. The summed E-state index contributed by atoms with van der Waals surface area (Å²) < 4.78 is 18.2. The summed E-state index contributed by atoms with van der Waals surface area (Å²) in [6, 6.07) is 12.7. The fourth-order valence-corrected chi connectivity index (χ4v) is 3.76. The summed E-state index contributed by atoms with van der Waals surface area (Å²) in [4.78, 5) is 23.3. The number of fused-ring (bicyclic) bond motifs is 1. The Morgan fingerprint density at radius 2 is 1.91 bits per heavy atom. The van der Waals surface area contributed by atoms with Crippen LogP contribution < -0.4 is 24.8 Å². The van der Waals surface area contributed by atoms with Crippen molar-refractivity contribution in [3.8, 4) is 17.2 Å². The van der Waals surface area contributed by atoms with Crippen LogP contribution in [0.3, 0.4) is 0 Å². The van der Waals surface area contributed by atoms with Crippen molar-refractivity contribution in [1.29, 1.82) is 0 Å². The highest BCUT2D eigenvalue weighted by atomic mass is 32.2. The van der Waals surface area contributed by atoms with Crippen molar-refractivity contribution < 1.29 is 23.8 Å². The molecule has 1 aliphatic rings. The molecule has 172 valence electrons. The van der Waals surface area contributed by atoms with Gasteiger partial charge < -0.3 is 29.4 Å². The number of anilines is 1. The summed E-state index contributed by atoms with van der Waals surface area (Å²) in [6.45, 7) is 2.29. The van der Waals surface area contributed by atoms with Crippen molar-refractivity contribution >= 4 is 29.3 Å². The van der Waals surface area contributed by atoms with Crippen molar-refractivity contribution in [3.05, 3.63) is 53.9 Å². The summed E-state index contributed by atoms with van der Waals surface area (Å²) in [5.41, 5.74) is 1.65. The average molecular weight is 470 g/mol. The lowest BCUT2D eigenvalue weighted by atomic mass is 10.2. The molecule has 1 aliphatic heterocycles. The molecule has 1 aromatic heterocycles. The van der Waals surface area contributed by atoms with E-state index in [1.165, 1.54) is 18.7 Å². The van der Waals surface area contributed by atoms with Gasteiger partial charge in [-0.2, -0.15) is 0 Å². The number of aromatic nitrogens is 3. The second-order valence-corrected chi connectivity index (χ2v) is 8.15. The number of thioether (sulfide) groups is 1. The summed E-state index contributed by atoms with van der Waals surface area (Å²) in [6.07, 6.45) is 0. The fraction of sp³-hybridized carbons (Fsp3) is 0.273. The molecule has 2 aromatic carbocycles. The van der Waals surface area contributed by atoms with Crippen LogP contribution in [-0.4, -0.2) is 39.1 Å². The molecule has 11 heteroatoms.